The summed E-state index contributed by atoms with van der Waals surface area (Å²) in [6, 6.07) is 18.4. The van der Waals surface area contributed by atoms with Crippen LogP contribution in [-0.4, -0.2) is 27.3 Å². The highest BCUT2D eigenvalue weighted by Crippen LogP contribution is 2.41. The van der Waals surface area contributed by atoms with Crippen LogP contribution in [0.15, 0.2) is 71.7 Å². The van der Waals surface area contributed by atoms with Gasteiger partial charge >= 0.3 is 0 Å². The van der Waals surface area contributed by atoms with Gasteiger partial charge in [-0.15, -0.1) is 0 Å². The first-order valence-corrected chi connectivity index (χ1v) is 9.85. The third kappa shape index (κ3) is 2.95. The van der Waals surface area contributed by atoms with Crippen molar-refractivity contribution in [3.8, 4) is 0 Å². The van der Waals surface area contributed by atoms with Gasteiger partial charge in [0, 0.05) is 40.4 Å². The number of pyridine rings is 1. The second-order valence-electron chi connectivity index (χ2n) is 7.18. The van der Waals surface area contributed by atoms with E-state index < -0.39 is 0 Å². The molecule has 0 aliphatic carbocycles. The van der Waals surface area contributed by atoms with Crippen molar-refractivity contribution in [1.82, 2.24) is 14.9 Å². The van der Waals surface area contributed by atoms with Crippen LogP contribution in [0.25, 0.3) is 10.9 Å². The summed E-state index contributed by atoms with van der Waals surface area (Å²) in [5, 5.41) is 1.79. The highest BCUT2D eigenvalue weighted by molar-refractivity contribution is 6.31. The Morgan fingerprint density at radius 1 is 1.03 bits per heavy atom. The molecular formula is C23H18ClN3O2. The first kappa shape index (κ1) is 17.8. The van der Waals surface area contributed by atoms with Gasteiger partial charge in [0.1, 0.15) is 0 Å². The number of hydrogen-bond acceptors (Lipinski definition) is 2. The lowest BCUT2D eigenvalue weighted by Gasteiger charge is -2.36. The topological polar surface area (TPSA) is 69.0 Å². The molecule has 1 atom stereocenters. The number of hydrogen-bond donors (Lipinski definition) is 2. The third-order valence-electron chi connectivity index (χ3n) is 5.53. The van der Waals surface area contributed by atoms with Gasteiger partial charge in [-0.1, -0.05) is 48.0 Å². The lowest BCUT2D eigenvalue weighted by Crippen LogP contribution is -2.41. The quantitative estimate of drug-likeness (QED) is 0.524. The number of halogens is 1. The number of H-pyrrole nitrogens is 2. The number of rotatable bonds is 2. The molecule has 144 valence electrons. The summed E-state index contributed by atoms with van der Waals surface area (Å²) < 4.78 is 0. The van der Waals surface area contributed by atoms with Crippen molar-refractivity contribution >= 4 is 28.4 Å². The number of carbonyl (C=O) groups is 1. The number of nitrogens with one attached hydrogen (secondary N) is 2. The molecular weight excluding hydrogens is 386 g/mol. The average molecular weight is 404 g/mol. The number of carbonyl (C=O) groups excluding carboxylic acids is 1. The van der Waals surface area contributed by atoms with Crippen molar-refractivity contribution < 1.29 is 4.79 Å². The third-order valence-corrected chi connectivity index (χ3v) is 5.87. The Hall–Kier alpha value is -3.31. The normalized spacial score (nSPS) is 16.0. The molecule has 0 bridgehead atoms. The molecule has 1 amide bonds. The molecule has 6 heteroatoms. The number of para-hydroxylation sites is 1. The minimum absolute atomic E-state index is 0.143. The smallest absolute Gasteiger partial charge is 0.256 e. The SMILES string of the molecule is O=C(c1ccc(=O)[nH]c1)N1CCc2c([nH]c3ccccc23)C1c1ccccc1Cl. The fourth-order valence-corrected chi connectivity index (χ4v) is 4.43. The van der Waals surface area contributed by atoms with Gasteiger partial charge in [0.05, 0.1) is 11.6 Å². The van der Waals surface area contributed by atoms with Crippen LogP contribution in [0, 0.1) is 0 Å². The zero-order chi connectivity index (χ0) is 20.0. The summed E-state index contributed by atoms with van der Waals surface area (Å²) in [6.45, 7) is 0.558. The number of fused-ring (bicyclic) bond motifs is 3. The number of benzene rings is 2. The molecule has 1 aliphatic rings. The van der Waals surface area contributed by atoms with Crippen LogP contribution < -0.4 is 5.56 Å². The van der Waals surface area contributed by atoms with Crippen LogP contribution in [-0.2, 0) is 6.42 Å². The zero-order valence-electron chi connectivity index (χ0n) is 15.5. The van der Waals surface area contributed by atoms with E-state index in [0.29, 0.717) is 17.1 Å². The van der Waals surface area contributed by atoms with Crippen molar-refractivity contribution in [3.05, 3.63) is 105 Å². The summed E-state index contributed by atoms with van der Waals surface area (Å²) in [4.78, 5) is 32.7. The summed E-state index contributed by atoms with van der Waals surface area (Å²) in [7, 11) is 0. The predicted octanol–water partition coefficient (Wildman–Crippen LogP) is 4.30. The van der Waals surface area contributed by atoms with Crippen molar-refractivity contribution in [2.45, 2.75) is 12.5 Å². The fourth-order valence-electron chi connectivity index (χ4n) is 4.19. The standard InChI is InChI=1S/C23H18ClN3O2/c24-18-7-3-1-6-17(18)22-21-16(15-5-2-4-8-19(15)26-21)11-12-27(22)23(29)14-9-10-20(28)25-13-14/h1-10,13,22,26H,11-12H2,(H,25,28). The molecule has 29 heavy (non-hydrogen) atoms. The van der Waals surface area contributed by atoms with Gasteiger partial charge in [-0.3, -0.25) is 9.59 Å². The van der Waals surface area contributed by atoms with Gasteiger partial charge in [-0.25, -0.2) is 0 Å². The Labute approximate surface area is 171 Å². The number of aromatic nitrogens is 2. The molecule has 4 aromatic rings. The van der Waals surface area contributed by atoms with Crippen LogP contribution in [0.3, 0.4) is 0 Å². The molecule has 1 unspecified atom stereocenters. The monoisotopic (exact) mass is 403 g/mol. The molecule has 2 N–H and O–H groups in total. The van der Waals surface area contributed by atoms with Gasteiger partial charge in [0.25, 0.3) is 5.91 Å². The second-order valence-corrected chi connectivity index (χ2v) is 7.58. The van der Waals surface area contributed by atoms with E-state index in [1.54, 1.807) is 6.07 Å². The van der Waals surface area contributed by atoms with Gasteiger partial charge in [0.2, 0.25) is 5.56 Å². The van der Waals surface area contributed by atoms with Crippen LogP contribution >= 0.6 is 11.6 Å². The first-order valence-electron chi connectivity index (χ1n) is 9.47. The van der Waals surface area contributed by atoms with E-state index in [9.17, 15) is 9.59 Å². The fraction of sp³-hybridized carbons (Fsp3) is 0.130. The van der Waals surface area contributed by atoms with Crippen molar-refractivity contribution in [3.63, 3.8) is 0 Å². The summed E-state index contributed by atoms with van der Waals surface area (Å²) >= 11 is 6.56. The molecule has 3 heterocycles. The summed E-state index contributed by atoms with van der Waals surface area (Å²) in [5.74, 6) is -0.143. The Morgan fingerprint density at radius 3 is 2.62 bits per heavy atom. The maximum absolute atomic E-state index is 13.4. The lowest BCUT2D eigenvalue weighted by molar-refractivity contribution is 0.0691. The molecule has 5 nitrogen and oxygen atoms in total. The van der Waals surface area contributed by atoms with E-state index in [4.69, 9.17) is 11.6 Å². The highest BCUT2D eigenvalue weighted by atomic mass is 35.5. The second kappa shape index (κ2) is 6.94. The van der Waals surface area contributed by atoms with E-state index in [-0.39, 0.29) is 17.5 Å². The van der Waals surface area contributed by atoms with Crippen molar-refractivity contribution in [2.75, 3.05) is 6.54 Å². The maximum Gasteiger partial charge on any atom is 0.256 e. The van der Waals surface area contributed by atoms with E-state index in [2.05, 4.69) is 16.0 Å². The molecule has 0 radical (unpaired) electrons. The van der Waals surface area contributed by atoms with Crippen LogP contribution in [0.2, 0.25) is 5.02 Å². The van der Waals surface area contributed by atoms with E-state index >= 15 is 0 Å². The Bertz CT molecular complexity index is 1270. The Balaban J connectivity index is 1.69. The van der Waals surface area contributed by atoms with Gasteiger partial charge in [0.15, 0.2) is 0 Å². The predicted molar refractivity (Wildman–Crippen MR) is 113 cm³/mol. The van der Waals surface area contributed by atoms with Gasteiger partial charge in [-0.2, -0.15) is 0 Å². The molecule has 0 fully saturated rings. The Morgan fingerprint density at radius 2 is 1.83 bits per heavy atom. The minimum Gasteiger partial charge on any atom is -0.356 e. The largest absolute Gasteiger partial charge is 0.356 e. The molecule has 0 saturated heterocycles. The molecule has 1 aliphatic heterocycles. The number of nitrogens with zero attached hydrogens (tertiary/aromatic N) is 1. The van der Waals surface area contributed by atoms with E-state index in [1.165, 1.54) is 23.2 Å². The van der Waals surface area contributed by atoms with Gasteiger partial charge in [-0.05, 0) is 35.7 Å². The van der Waals surface area contributed by atoms with E-state index in [1.807, 2.05) is 47.4 Å². The van der Waals surface area contributed by atoms with Crippen LogP contribution in [0.4, 0.5) is 0 Å². The van der Waals surface area contributed by atoms with Crippen LogP contribution in [0.5, 0.6) is 0 Å². The Kier molecular flexibility index (Phi) is 4.25. The van der Waals surface area contributed by atoms with Crippen LogP contribution in [0.1, 0.15) is 33.2 Å². The minimum atomic E-state index is -0.334. The maximum atomic E-state index is 13.4. The number of amides is 1. The van der Waals surface area contributed by atoms with E-state index in [0.717, 1.165) is 23.2 Å². The molecule has 2 aromatic heterocycles. The van der Waals surface area contributed by atoms with Crippen molar-refractivity contribution in [2.24, 2.45) is 0 Å². The highest BCUT2D eigenvalue weighted by Gasteiger charge is 2.35. The summed E-state index contributed by atoms with van der Waals surface area (Å²) in [6.07, 6.45) is 2.21. The molecule has 5 rings (SSSR count). The lowest BCUT2D eigenvalue weighted by atomic mass is 9.91. The zero-order valence-corrected chi connectivity index (χ0v) is 16.2. The van der Waals surface area contributed by atoms with Gasteiger partial charge < -0.3 is 14.9 Å². The van der Waals surface area contributed by atoms with Crippen molar-refractivity contribution in [1.29, 1.82) is 0 Å². The number of aromatic amines is 2. The molecule has 0 spiro atoms. The summed E-state index contributed by atoms with van der Waals surface area (Å²) in [5.41, 5.74) is 4.34. The average Bonchev–Trinajstić information content (AvgIpc) is 3.12. The molecule has 0 saturated carbocycles. The first-order chi connectivity index (χ1) is 14.1. The molecule has 2 aromatic carbocycles.